The number of benzene rings is 1. The van der Waals surface area contributed by atoms with Gasteiger partial charge in [-0.25, -0.2) is 4.98 Å². The van der Waals surface area contributed by atoms with Crippen molar-refractivity contribution in [3.8, 4) is 0 Å². The van der Waals surface area contributed by atoms with Crippen LogP contribution in [0.2, 0.25) is 5.02 Å². The SMILES string of the molecule is Cc1cc2c(N3CCC(C(=O)Nc4ccc(Cl)cc4)CC3)nccc2s1. The zero-order chi connectivity index (χ0) is 18.1. The minimum atomic E-state index is 0.0327. The first-order valence-electron chi connectivity index (χ1n) is 8.77. The van der Waals surface area contributed by atoms with Crippen LogP contribution in [-0.4, -0.2) is 24.0 Å². The number of nitrogens with one attached hydrogen (secondary N) is 1. The van der Waals surface area contributed by atoms with Crippen LogP contribution in [0.3, 0.4) is 0 Å². The second kappa shape index (κ2) is 7.25. The van der Waals surface area contributed by atoms with Crippen LogP contribution in [-0.2, 0) is 4.79 Å². The lowest BCUT2D eigenvalue weighted by atomic mass is 9.95. The number of nitrogens with zero attached hydrogens (tertiary/aromatic N) is 2. The standard InChI is InChI=1S/C20H20ClN3OS/c1-13-12-17-18(26-13)6-9-22-19(17)24-10-7-14(8-11-24)20(25)23-16-4-2-15(21)3-5-16/h2-6,9,12,14H,7-8,10-11H2,1H3,(H,23,25). The Bertz CT molecular complexity index is 930. The van der Waals surface area contributed by atoms with Gasteiger partial charge in [0.15, 0.2) is 0 Å². The van der Waals surface area contributed by atoms with Crippen LogP contribution in [0.4, 0.5) is 11.5 Å². The average Bonchev–Trinajstić information content (AvgIpc) is 3.04. The molecule has 3 heterocycles. The highest BCUT2D eigenvalue weighted by Crippen LogP contribution is 2.33. The van der Waals surface area contributed by atoms with Crippen LogP contribution in [0.25, 0.3) is 10.1 Å². The van der Waals surface area contributed by atoms with Gasteiger partial charge in [-0.2, -0.15) is 0 Å². The molecule has 4 rings (SSSR count). The first-order chi connectivity index (χ1) is 12.6. The van der Waals surface area contributed by atoms with E-state index in [1.54, 1.807) is 23.5 Å². The first-order valence-corrected chi connectivity index (χ1v) is 9.96. The smallest absolute Gasteiger partial charge is 0.227 e. The van der Waals surface area contributed by atoms with E-state index in [0.717, 1.165) is 37.4 Å². The number of fused-ring (bicyclic) bond motifs is 1. The molecule has 0 radical (unpaired) electrons. The Morgan fingerprint density at radius 3 is 2.69 bits per heavy atom. The molecule has 6 heteroatoms. The number of carbonyl (C=O) groups is 1. The Labute approximate surface area is 161 Å². The molecule has 26 heavy (non-hydrogen) atoms. The van der Waals surface area contributed by atoms with Crippen LogP contribution < -0.4 is 10.2 Å². The highest BCUT2D eigenvalue weighted by Gasteiger charge is 2.26. The van der Waals surface area contributed by atoms with E-state index in [1.807, 2.05) is 18.3 Å². The molecule has 0 bridgehead atoms. The molecule has 1 amide bonds. The molecule has 0 atom stereocenters. The molecule has 2 aromatic heterocycles. The number of amides is 1. The third kappa shape index (κ3) is 3.55. The van der Waals surface area contributed by atoms with Gasteiger partial charge in [-0.1, -0.05) is 11.6 Å². The number of halogens is 1. The Kier molecular flexibility index (Phi) is 4.83. The second-order valence-electron chi connectivity index (χ2n) is 6.66. The molecule has 1 aliphatic rings. The second-order valence-corrected chi connectivity index (χ2v) is 8.39. The number of hydrogen-bond acceptors (Lipinski definition) is 4. The van der Waals surface area contributed by atoms with Crippen LogP contribution in [0, 0.1) is 12.8 Å². The van der Waals surface area contributed by atoms with E-state index in [0.29, 0.717) is 5.02 Å². The predicted molar refractivity (Wildman–Crippen MR) is 109 cm³/mol. The number of aromatic nitrogens is 1. The first kappa shape index (κ1) is 17.3. The molecule has 0 spiro atoms. The normalized spacial score (nSPS) is 15.4. The van der Waals surface area contributed by atoms with Crippen molar-refractivity contribution in [2.75, 3.05) is 23.3 Å². The molecule has 0 saturated carbocycles. The van der Waals surface area contributed by atoms with Gasteiger partial charge in [-0.05, 0) is 56.2 Å². The maximum absolute atomic E-state index is 12.5. The number of aryl methyl sites for hydroxylation is 1. The molecule has 134 valence electrons. The number of hydrogen-bond donors (Lipinski definition) is 1. The zero-order valence-electron chi connectivity index (χ0n) is 14.5. The summed E-state index contributed by atoms with van der Waals surface area (Å²) in [4.78, 5) is 20.7. The summed E-state index contributed by atoms with van der Waals surface area (Å²) >= 11 is 7.69. The van der Waals surface area contributed by atoms with Crippen molar-refractivity contribution in [2.24, 2.45) is 5.92 Å². The van der Waals surface area contributed by atoms with Crippen molar-refractivity contribution in [3.63, 3.8) is 0 Å². The monoisotopic (exact) mass is 385 g/mol. The molecule has 1 saturated heterocycles. The van der Waals surface area contributed by atoms with E-state index in [-0.39, 0.29) is 11.8 Å². The lowest BCUT2D eigenvalue weighted by molar-refractivity contribution is -0.120. The lowest BCUT2D eigenvalue weighted by Crippen LogP contribution is -2.38. The van der Waals surface area contributed by atoms with E-state index in [9.17, 15) is 4.79 Å². The van der Waals surface area contributed by atoms with E-state index >= 15 is 0 Å². The zero-order valence-corrected chi connectivity index (χ0v) is 16.1. The summed E-state index contributed by atoms with van der Waals surface area (Å²) in [7, 11) is 0. The summed E-state index contributed by atoms with van der Waals surface area (Å²) in [6.07, 6.45) is 3.55. The molecule has 1 aromatic carbocycles. The molecule has 1 N–H and O–H groups in total. The van der Waals surface area contributed by atoms with E-state index in [2.05, 4.69) is 34.3 Å². The van der Waals surface area contributed by atoms with Crippen molar-refractivity contribution in [1.82, 2.24) is 4.98 Å². The van der Waals surface area contributed by atoms with Gasteiger partial charge in [0.05, 0.1) is 0 Å². The Morgan fingerprint density at radius 1 is 1.23 bits per heavy atom. The van der Waals surface area contributed by atoms with Crippen LogP contribution in [0.15, 0.2) is 42.6 Å². The minimum absolute atomic E-state index is 0.0327. The van der Waals surface area contributed by atoms with Gasteiger partial charge in [-0.15, -0.1) is 11.3 Å². The van der Waals surface area contributed by atoms with Crippen molar-refractivity contribution in [2.45, 2.75) is 19.8 Å². The number of carbonyl (C=O) groups excluding carboxylic acids is 1. The molecule has 1 aliphatic heterocycles. The predicted octanol–water partition coefficient (Wildman–Crippen LogP) is 5.11. The lowest BCUT2D eigenvalue weighted by Gasteiger charge is -2.32. The van der Waals surface area contributed by atoms with E-state index in [1.165, 1.54) is 15.0 Å². The third-order valence-corrected chi connectivity index (χ3v) is 6.09. The van der Waals surface area contributed by atoms with Gasteiger partial charge >= 0.3 is 0 Å². The van der Waals surface area contributed by atoms with Gasteiger partial charge in [0.2, 0.25) is 5.91 Å². The minimum Gasteiger partial charge on any atom is -0.356 e. The molecular formula is C20H20ClN3OS. The van der Waals surface area contributed by atoms with Gasteiger partial charge < -0.3 is 10.2 Å². The van der Waals surface area contributed by atoms with Gasteiger partial charge in [0, 0.05) is 50.9 Å². The highest BCUT2D eigenvalue weighted by molar-refractivity contribution is 7.19. The Hall–Kier alpha value is -2.11. The quantitative estimate of drug-likeness (QED) is 0.681. The van der Waals surface area contributed by atoms with Crippen LogP contribution in [0.1, 0.15) is 17.7 Å². The summed E-state index contributed by atoms with van der Waals surface area (Å²) in [5, 5.41) is 4.89. The van der Waals surface area contributed by atoms with Crippen molar-refractivity contribution < 1.29 is 4.79 Å². The van der Waals surface area contributed by atoms with Gasteiger partial charge in [-0.3, -0.25) is 4.79 Å². The number of rotatable bonds is 3. The number of anilines is 2. The molecular weight excluding hydrogens is 366 g/mol. The fraction of sp³-hybridized carbons (Fsp3) is 0.300. The average molecular weight is 386 g/mol. The number of piperidine rings is 1. The molecule has 0 unspecified atom stereocenters. The van der Waals surface area contributed by atoms with Crippen LogP contribution >= 0.6 is 22.9 Å². The Balaban J connectivity index is 1.42. The highest BCUT2D eigenvalue weighted by atomic mass is 35.5. The van der Waals surface area contributed by atoms with Crippen molar-refractivity contribution in [1.29, 1.82) is 0 Å². The fourth-order valence-corrected chi connectivity index (χ4v) is 4.50. The van der Waals surface area contributed by atoms with Gasteiger partial charge in [0.25, 0.3) is 0 Å². The summed E-state index contributed by atoms with van der Waals surface area (Å²) in [5.41, 5.74) is 0.794. The summed E-state index contributed by atoms with van der Waals surface area (Å²) in [6, 6.07) is 11.5. The molecule has 4 nitrogen and oxygen atoms in total. The number of thiophene rings is 1. The summed E-state index contributed by atoms with van der Waals surface area (Å²) in [5.74, 6) is 1.17. The van der Waals surface area contributed by atoms with Crippen molar-refractivity contribution >= 4 is 50.4 Å². The van der Waals surface area contributed by atoms with Gasteiger partial charge in [0.1, 0.15) is 5.82 Å². The Morgan fingerprint density at radius 2 is 1.96 bits per heavy atom. The fourth-order valence-electron chi connectivity index (χ4n) is 3.46. The summed E-state index contributed by atoms with van der Waals surface area (Å²) in [6.45, 7) is 3.82. The molecule has 0 aliphatic carbocycles. The maximum atomic E-state index is 12.5. The van der Waals surface area contributed by atoms with Crippen LogP contribution in [0.5, 0.6) is 0 Å². The molecule has 3 aromatic rings. The van der Waals surface area contributed by atoms with E-state index in [4.69, 9.17) is 11.6 Å². The topological polar surface area (TPSA) is 45.2 Å². The number of pyridine rings is 1. The molecule has 1 fully saturated rings. The maximum Gasteiger partial charge on any atom is 0.227 e. The largest absolute Gasteiger partial charge is 0.356 e. The van der Waals surface area contributed by atoms with E-state index < -0.39 is 0 Å². The third-order valence-electron chi connectivity index (χ3n) is 4.82. The van der Waals surface area contributed by atoms with Crippen molar-refractivity contribution in [3.05, 3.63) is 52.5 Å². The summed E-state index contributed by atoms with van der Waals surface area (Å²) < 4.78 is 1.27.